The van der Waals surface area contributed by atoms with Gasteiger partial charge in [-0.05, 0) is 245 Å². The van der Waals surface area contributed by atoms with Gasteiger partial charge in [0, 0.05) is 47.3 Å². The zero-order valence-electron chi connectivity index (χ0n) is 83.0. The van der Waals surface area contributed by atoms with Crippen molar-refractivity contribution < 1.29 is 14.3 Å². The van der Waals surface area contributed by atoms with Crippen molar-refractivity contribution in [1.82, 2.24) is 19.9 Å². The fourth-order valence-corrected chi connectivity index (χ4v) is 14.0. The van der Waals surface area contributed by atoms with Crippen LogP contribution in [0, 0.1) is 53.6 Å². The molecule has 1 aliphatic carbocycles. The molecule has 9 nitrogen and oxygen atoms in total. The van der Waals surface area contributed by atoms with E-state index in [1.807, 2.05) is 168 Å². The lowest BCUT2D eigenvalue weighted by Crippen LogP contribution is -2.11. The molecule has 1 amide bonds. The highest BCUT2D eigenvalue weighted by molar-refractivity contribution is 6.42. The number of benzene rings is 9. The Kier molecular flexibility index (Phi) is 80.2. The van der Waals surface area contributed by atoms with Gasteiger partial charge in [-0.15, -0.1) is 0 Å². The summed E-state index contributed by atoms with van der Waals surface area (Å²) in [5, 5.41) is 11.0. The Bertz CT molecular complexity index is 5140. The minimum atomic E-state index is -0.359. The molecule has 0 atom stereocenters. The van der Waals surface area contributed by atoms with Crippen LogP contribution in [0.3, 0.4) is 0 Å². The first kappa shape index (κ1) is 143. The molecule has 138 heavy (non-hydrogen) atoms. The van der Waals surface area contributed by atoms with Crippen LogP contribution in [0.2, 0.25) is 15.1 Å². The van der Waals surface area contributed by atoms with Gasteiger partial charge in [0.1, 0.15) is 12.1 Å². The summed E-state index contributed by atoms with van der Waals surface area (Å²) >= 11 is 17.7. The molecule has 0 saturated heterocycles. The molecule has 0 radical (unpaired) electrons. The summed E-state index contributed by atoms with van der Waals surface area (Å²) in [5.74, 6) is 6.71. The molecule has 1 saturated carbocycles. The first-order valence-corrected chi connectivity index (χ1v) is 46.8. The second-order valence-corrected chi connectivity index (χ2v) is 37.4. The number of hydrogen-bond donors (Lipinski definition) is 2. The van der Waals surface area contributed by atoms with E-state index < -0.39 is 0 Å². The van der Waals surface area contributed by atoms with Gasteiger partial charge in [-0.1, -0.05) is 466 Å². The van der Waals surface area contributed by atoms with Crippen molar-refractivity contribution in [2.75, 3.05) is 0 Å². The van der Waals surface area contributed by atoms with E-state index in [4.69, 9.17) is 58.8 Å². The summed E-state index contributed by atoms with van der Waals surface area (Å²) in [7, 11) is 0. The summed E-state index contributed by atoms with van der Waals surface area (Å²) in [6.07, 6.45) is 13.6. The average Bonchev–Trinajstić information content (AvgIpc) is 1.68. The molecule has 12 aromatic rings. The average molecular weight is 1950 g/mol. The van der Waals surface area contributed by atoms with E-state index in [1.54, 1.807) is 36.3 Å². The van der Waals surface area contributed by atoms with E-state index in [0.717, 1.165) is 50.3 Å². The summed E-state index contributed by atoms with van der Waals surface area (Å²) in [4.78, 5) is 33.7. The molecule has 0 unspecified atom stereocenters. The Labute approximate surface area is 860 Å². The monoisotopic (exact) mass is 1940 g/mol. The Hall–Kier alpha value is -10.4. The molecule has 0 bridgehead atoms. The van der Waals surface area contributed by atoms with E-state index in [9.17, 15) is 9.18 Å². The molecule has 3 aromatic heterocycles. The van der Waals surface area contributed by atoms with Crippen LogP contribution in [0.1, 0.15) is 439 Å². The molecule has 1 aliphatic rings. The molecular weight excluding hydrogens is 1760 g/mol. The first-order chi connectivity index (χ1) is 60.9. The highest BCUT2D eigenvalue weighted by Gasteiger charge is 2.23. The molecule has 13 rings (SSSR count). The lowest BCUT2D eigenvalue weighted by molar-refractivity contribution is 0.1000. The molecular formula is C125H187Cl3FN7O2. The van der Waals surface area contributed by atoms with Gasteiger partial charge in [0.05, 0.1) is 29.8 Å². The van der Waals surface area contributed by atoms with E-state index in [2.05, 4.69) is 282 Å². The predicted molar refractivity (Wildman–Crippen MR) is 616 cm³/mol. The van der Waals surface area contributed by atoms with Crippen molar-refractivity contribution in [3.05, 3.63) is 411 Å². The van der Waals surface area contributed by atoms with Gasteiger partial charge in [0.2, 0.25) is 5.91 Å². The normalized spacial score (nSPS) is 10.2. The summed E-state index contributed by atoms with van der Waals surface area (Å²) < 4.78 is 13.1. The zero-order chi connectivity index (χ0) is 97.2. The number of amides is 1. The maximum absolute atomic E-state index is 13.1. The van der Waals surface area contributed by atoms with Gasteiger partial charge in [-0.3, -0.25) is 14.8 Å². The molecule has 762 valence electrons. The maximum Gasteiger partial charge on any atom is 0.248 e. The Balaban J connectivity index is -0.000000222. The van der Waals surface area contributed by atoms with Crippen LogP contribution in [-0.2, 0) is 6.61 Å². The number of hydrogen-bond acceptors (Lipinski definition) is 6. The van der Waals surface area contributed by atoms with Crippen molar-refractivity contribution in [3.8, 4) is 0 Å². The first-order valence-electron chi connectivity index (χ1n) is 45.6. The number of primary amides is 1. The highest BCUT2D eigenvalue weighted by atomic mass is 35.5. The number of aliphatic hydroxyl groups excluding tert-OH is 1. The van der Waals surface area contributed by atoms with Crippen molar-refractivity contribution >= 4 is 52.1 Å². The Morgan fingerprint density at radius 1 is 0.377 bits per heavy atom. The largest absolute Gasteiger partial charge is 0.392 e. The number of carbonyl (C=O) groups is 1. The third-order valence-electron chi connectivity index (χ3n) is 21.2. The topological polar surface area (TPSA) is 124 Å². The molecule has 9 aromatic carbocycles. The number of carbonyl (C=O) groups excluding carboxylic acids is 1. The van der Waals surface area contributed by atoms with E-state index in [-0.39, 0.29) is 91.1 Å². The zero-order valence-corrected chi connectivity index (χ0v) is 85.3. The lowest BCUT2D eigenvalue weighted by atomic mass is 9.96. The van der Waals surface area contributed by atoms with Gasteiger partial charge >= 0.3 is 0 Å². The van der Waals surface area contributed by atoms with Gasteiger partial charge in [0.25, 0.3) is 0 Å². The maximum atomic E-state index is 13.1. The van der Waals surface area contributed by atoms with Crippen molar-refractivity contribution in [1.29, 1.82) is 0 Å². The van der Waals surface area contributed by atoms with Gasteiger partial charge in [-0.25, -0.2) is 24.0 Å². The standard InChI is InChI=1S/C12H16.C11H15NO.C11H13N.C10H13F.C10H11N.C10H14O.C10H14.C9H10Cl2.C9H11Cl.C9H13N.C8H11N.C7H10N2.9CH4/c1-9(2)11-4-3-5-12(8-11)10-6-7-10;1-7(2)10-6-9(11(12)13)5-4-8(10)3;1-8(2)11-7-10(12-4)6-5-9(11)3;1-7(2)10-8(3)5-4-6-9(10)11;1-8(2)9-5-4-6-10(7-9)11-3;1-8(2)10-5-3-4-9(6-10)7-11;1-8(2)10-6-4-5-9(3)7-10;1-6(2)7-4-3-5-8(10)9(7)11;1-7(2)8-5-3-4-6-9(8)10;1-7(2)9-5-4-6-10-8(9)3;1-7(2)8-4-3-5-9-6-8;1-6(2)7-3-8-5-9-4-7;;;;;;;;;/h3-5,8-10H,6-7H2,1-2H3;4-7H,1-3H3,(H2,12,13);5-8H,1-3H3;4-7H,1-3H3;4-8H,1-2H3;3-6,8,11H,7H2,1-2H3;4-8H,1-3H3;3-6H,1-2H3;3-7H,1-2H3;4-7H,1-3H3;3-7H,1-2H3;3-6H,1-2H3;9*1H4. The molecule has 3 N–H and O–H groups in total. The van der Waals surface area contributed by atoms with Crippen LogP contribution in [0.5, 0.6) is 0 Å². The summed E-state index contributed by atoms with van der Waals surface area (Å²) in [5.41, 5.74) is 30.8. The van der Waals surface area contributed by atoms with Crippen LogP contribution in [0.4, 0.5) is 15.8 Å². The van der Waals surface area contributed by atoms with Crippen LogP contribution >= 0.6 is 34.8 Å². The number of nitrogens with two attached hydrogens (primary N) is 1. The number of aryl methyl sites for hydroxylation is 5. The number of halogens is 4. The fourth-order valence-electron chi connectivity index (χ4n) is 13.1. The minimum absolute atomic E-state index is 0. The highest BCUT2D eigenvalue weighted by Crippen LogP contribution is 2.41. The smallest absolute Gasteiger partial charge is 0.248 e. The number of aliphatic hydroxyl groups is 1. The fraction of sp³-hybridized carbons (Fsp3) is 0.432. The van der Waals surface area contributed by atoms with Crippen molar-refractivity contribution in [2.24, 2.45) is 5.73 Å². The van der Waals surface area contributed by atoms with E-state index in [1.165, 1.54) is 91.2 Å². The third kappa shape index (κ3) is 56.0. The molecule has 13 heteroatoms. The number of aromatic nitrogens is 4. The number of rotatable bonds is 15. The predicted octanol–water partition coefficient (Wildman–Crippen LogP) is 41.2. The number of pyridine rings is 2. The summed E-state index contributed by atoms with van der Waals surface area (Å²) in [6, 6.07) is 72.1. The van der Waals surface area contributed by atoms with Gasteiger partial charge in [0.15, 0.2) is 11.4 Å². The minimum Gasteiger partial charge on any atom is -0.392 e. The van der Waals surface area contributed by atoms with Crippen LogP contribution in [0.15, 0.2) is 256 Å². The molecule has 3 heterocycles. The Morgan fingerprint density at radius 2 is 0.783 bits per heavy atom. The third-order valence-corrected chi connectivity index (χ3v) is 22.4. The van der Waals surface area contributed by atoms with E-state index in [0.29, 0.717) is 80.7 Å². The molecule has 0 aliphatic heterocycles. The van der Waals surface area contributed by atoms with Crippen LogP contribution in [0.25, 0.3) is 9.69 Å². The van der Waals surface area contributed by atoms with Crippen LogP contribution < -0.4 is 5.73 Å². The van der Waals surface area contributed by atoms with Crippen molar-refractivity contribution in [2.45, 2.75) is 364 Å². The quantitative estimate of drug-likeness (QED) is 0.0986. The second-order valence-electron chi connectivity index (χ2n) is 36.2. The van der Waals surface area contributed by atoms with Crippen molar-refractivity contribution in [3.63, 3.8) is 0 Å². The second kappa shape index (κ2) is 77.4. The SMILES string of the molecule is C.C.C.C.C.C.C.C.C.CC(C)c1cccc(C2CC2)c1.CC(C)c1cccc(CO)c1.CC(C)c1cccc(Cl)c1Cl.CC(C)c1ccccc1Cl.CC(C)c1cccnc1.CC(C)c1cncnc1.Cc1ccc(C(N)=O)cc1C(C)C.Cc1cccc(C(C)C)c1.Cc1cccc(F)c1C(C)C.Cc1ncccc1C(C)C.[C-]#[N+]c1ccc(C)c(C(C)C)c1.[C-]#[N+]c1cccc(C(C)C)c1. The number of nitrogens with zero attached hydrogens (tertiary/aromatic N) is 6. The Morgan fingerprint density at radius 3 is 1.17 bits per heavy atom. The lowest BCUT2D eigenvalue weighted by Gasteiger charge is -2.10. The summed E-state index contributed by atoms with van der Waals surface area (Å²) in [6.45, 7) is 75.5. The van der Waals surface area contributed by atoms with Crippen LogP contribution in [-0.4, -0.2) is 30.9 Å². The van der Waals surface area contributed by atoms with Gasteiger partial charge in [-0.2, -0.15) is 0 Å². The molecule has 1 fully saturated rings. The van der Waals surface area contributed by atoms with E-state index >= 15 is 0 Å². The molecule has 0 spiro atoms. The van der Waals surface area contributed by atoms with Gasteiger partial charge < -0.3 is 10.8 Å².